The highest BCUT2D eigenvalue weighted by atomic mass is 32.2. The Morgan fingerprint density at radius 2 is 1.96 bits per heavy atom. The predicted molar refractivity (Wildman–Crippen MR) is 108 cm³/mol. The molecule has 1 atom stereocenters. The second-order valence-corrected chi connectivity index (χ2v) is 7.87. The third kappa shape index (κ3) is 4.62. The first-order valence-corrected chi connectivity index (χ1v) is 10.2. The Hall–Kier alpha value is -2.38. The summed E-state index contributed by atoms with van der Waals surface area (Å²) >= 11 is 3.21. The SMILES string of the molecule is CSc1nc2ccc(NC(=O)C[C@@H](NC(C)=O)c3ccccc3)cc2s1. The molecule has 0 saturated carbocycles. The van der Waals surface area contributed by atoms with E-state index in [0.29, 0.717) is 0 Å². The number of aromatic nitrogens is 1. The number of thioether (sulfide) groups is 1. The van der Waals surface area contributed by atoms with E-state index in [1.807, 2.05) is 54.8 Å². The molecule has 7 heteroatoms. The Balaban J connectivity index is 1.72. The maximum absolute atomic E-state index is 12.5. The van der Waals surface area contributed by atoms with Crippen LogP contribution >= 0.6 is 23.1 Å². The normalized spacial score (nSPS) is 11.9. The molecule has 0 aliphatic carbocycles. The van der Waals surface area contributed by atoms with Crippen LogP contribution in [0.15, 0.2) is 52.9 Å². The van der Waals surface area contributed by atoms with Crippen molar-refractivity contribution in [3.8, 4) is 0 Å². The highest BCUT2D eigenvalue weighted by molar-refractivity contribution is 8.00. The van der Waals surface area contributed by atoms with Crippen molar-refractivity contribution in [1.82, 2.24) is 10.3 Å². The highest BCUT2D eigenvalue weighted by Gasteiger charge is 2.17. The first-order valence-electron chi connectivity index (χ1n) is 8.11. The van der Waals surface area contributed by atoms with Crippen molar-refractivity contribution in [2.24, 2.45) is 0 Å². The molecule has 1 heterocycles. The van der Waals surface area contributed by atoms with Crippen LogP contribution in [-0.4, -0.2) is 23.1 Å². The largest absolute Gasteiger partial charge is 0.349 e. The predicted octanol–water partition coefficient (Wildman–Crippen LogP) is 4.22. The van der Waals surface area contributed by atoms with Gasteiger partial charge in [0.05, 0.1) is 22.7 Å². The van der Waals surface area contributed by atoms with Gasteiger partial charge in [-0.3, -0.25) is 9.59 Å². The van der Waals surface area contributed by atoms with Crippen LogP contribution in [0.4, 0.5) is 5.69 Å². The molecular formula is C19H19N3O2S2. The molecule has 0 fully saturated rings. The second-order valence-electron chi connectivity index (χ2n) is 5.78. The van der Waals surface area contributed by atoms with E-state index in [2.05, 4.69) is 15.6 Å². The summed E-state index contributed by atoms with van der Waals surface area (Å²) in [5, 5.41) is 5.76. The van der Waals surface area contributed by atoms with Crippen molar-refractivity contribution in [2.45, 2.75) is 23.7 Å². The third-order valence-electron chi connectivity index (χ3n) is 3.80. The fourth-order valence-electron chi connectivity index (χ4n) is 2.65. The Bertz CT molecular complexity index is 925. The zero-order valence-corrected chi connectivity index (χ0v) is 16.1. The summed E-state index contributed by atoms with van der Waals surface area (Å²) in [6, 6.07) is 14.8. The van der Waals surface area contributed by atoms with Gasteiger partial charge in [0.15, 0.2) is 4.34 Å². The topological polar surface area (TPSA) is 71.1 Å². The molecule has 1 aromatic heterocycles. The molecule has 2 amide bonds. The lowest BCUT2D eigenvalue weighted by Gasteiger charge is -2.18. The van der Waals surface area contributed by atoms with E-state index in [4.69, 9.17) is 0 Å². The average Bonchev–Trinajstić information content (AvgIpc) is 3.04. The van der Waals surface area contributed by atoms with E-state index in [1.165, 1.54) is 6.92 Å². The van der Waals surface area contributed by atoms with Crippen LogP contribution in [0.5, 0.6) is 0 Å². The summed E-state index contributed by atoms with van der Waals surface area (Å²) in [5.74, 6) is -0.316. The highest BCUT2D eigenvalue weighted by Crippen LogP contribution is 2.30. The van der Waals surface area contributed by atoms with Gasteiger partial charge in [0.1, 0.15) is 0 Å². The van der Waals surface area contributed by atoms with Crippen LogP contribution in [0, 0.1) is 0 Å². The lowest BCUT2D eigenvalue weighted by molar-refractivity contribution is -0.120. The standard InChI is InChI=1S/C19H19N3O2S2/c1-12(23)20-16(13-6-4-3-5-7-13)11-18(24)21-14-8-9-15-17(10-14)26-19(22-15)25-2/h3-10,16H,11H2,1-2H3,(H,20,23)(H,21,24)/t16-/m1/s1. The van der Waals surface area contributed by atoms with Gasteiger partial charge in [-0.2, -0.15) is 0 Å². The molecule has 2 N–H and O–H groups in total. The molecule has 0 saturated heterocycles. The maximum atomic E-state index is 12.5. The minimum atomic E-state index is -0.357. The number of hydrogen-bond acceptors (Lipinski definition) is 5. The second kappa shape index (κ2) is 8.33. The molecule has 26 heavy (non-hydrogen) atoms. The molecule has 134 valence electrons. The van der Waals surface area contributed by atoms with Gasteiger partial charge in [0.25, 0.3) is 0 Å². The van der Waals surface area contributed by atoms with Gasteiger partial charge in [0.2, 0.25) is 11.8 Å². The quantitative estimate of drug-likeness (QED) is 0.623. The van der Waals surface area contributed by atoms with Gasteiger partial charge < -0.3 is 10.6 Å². The summed E-state index contributed by atoms with van der Waals surface area (Å²) in [4.78, 5) is 28.5. The maximum Gasteiger partial charge on any atom is 0.226 e. The van der Waals surface area contributed by atoms with Crippen molar-refractivity contribution < 1.29 is 9.59 Å². The Kier molecular flexibility index (Phi) is 5.90. The van der Waals surface area contributed by atoms with Gasteiger partial charge in [0, 0.05) is 12.6 Å². The molecule has 0 aliphatic heterocycles. The smallest absolute Gasteiger partial charge is 0.226 e. The van der Waals surface area contributed by atoms with E-state index in [1.54, 1.807) is 23.1 Å². The van der Waals surface area contributed by atoms with Crippen molar-refractivity contribution in [2.75, 3.05) is 11.6 Å². The molecule has 3 aromatic rings. The fraction of sp³-hybridized carbons (Fsp3) is 0.211. The molecule has 0 spiro atoms. The molecule has 2 aromatic carbocycles. The minimum absolute atomic E-state index is 0.151. The van der Waals surface area contributed by atoms with Gasteiger partial charge in [-0.25, -0.2) is 4.98 Å². The number of carbonyl (C=O) groups excluding carboxylic acids is 2. The van der Waals surface area contributed by atoms with Crippen LogP contribution < -0.4 is 10.6 Å². The number of carbonyl (C=O) groups is 2. The minimum Gasteiger partial charge on any atom is -0.349 e. The average molecular weight is 386 g/mol. The van der Waals surface area contributed by atoms with Crippen LogP contribution in [0.1, 0.15) is 24.9 Å². The molecule has 0 unspecified atom stereocenters. The molecule has 3 rings (SSSR count). The number of amides is 2. The summed E-state index contributed by atoms with van der Waals surface area (Å²) in [5.41, 5.74) is 2.56. The van der Waals surface area contributed by atoms with Gasteiger partial charge in [-0.1, -0.05) is 42.1 Å². The Labute approximate surface area is 160 Å². The first kappa shape index (κ1) is 18.4. The zero-order chi connectivity index (χ0) is 18.5. The van der Waals surface area contributed by atoms with Gasteiger partial charge in [-0.05, 0) is 30.0 Å². The monoisotopic (exact) mass is 385 g/mol. The Morgan fingerprint density at radius 3 is 2.65 bits per heavy atom. The van der Waals surface area contributed by atoms with Crippen LogP contribution in [-0.2, 0) is 9.59 Å². The molecule has 0 radical (unpaired) electrons. The number of rotatable bonds is 6. The number of nitrogens with one attached hydrogen (secondary N) is 2. The number of hydrogen-bond donors (Lipinski definition) is 2. The number of fused-ring (bicyclic) bond motifs is 1. The van der Waals surface area contributed by atoms with Crippen molar-refractivity contribution in [1.29, 1.82) is 0 Å². The lowest BCUT2D eigenvalue weighted by atomic mass is 10.0. The molecule has 0 bridgehead atoms. The van der Waals surface area contributed by atoms with E-state index >= 15 is 0 Å². The van der Waals surface area contributed by atoms with Crippen LogP contribution in [0.3, 0.4) is 0 Å². The number of nitrogens with zero attached hydrogens (tertiary/aromatic N) is 1. The van der Waals surface area contributed by atoms with E-state index in [-0.39, 0.29) is 24.3 Å². The summed E-state index contributed by atoms with van der Waals surface area (Å²) in [6.07, 6.45) is 2.16. The summed E-state index contributed by atoms with van der Waals surface area (Å²) in [6.45, 7) is 1.45. The number of benzene rings is 2. The number of thiazole rings is 1. The van der Waals surface area contributed by atoms with Gasteiger partial charge >= 0.3 is 0 Å². The van der Waals surface area contributed by atoms with Crippen molar-refractivity contribution >= 4 is 50.8 Å². The molecule has 0 aliphatic rings. The molecule has 5 nitrogen and oxygen atoms in total. The number of anilines is 1. The van der Waals surface area contributed by atoms with Crippen LogP contribution in [0.25, 0.3) is 10.2 Å². The van der Waals surface area contributed by atoms with Crippen LogP contribution in [0.2, 0.25) is 0 Å². The van der Waals surface area contributed by atoms with Crippen molar-refractivity contribution in [3.05, 3.63) is 54.1 Å². The third-order valence-corrected chi connectivity index (χ3v) is 5.80. The fourth-order valence-corrected chi connectivity index (χ4v) is 4.18. The summed E-state index contributed by atoms with van der Waals surface area (Å²) in [7, 11) is 0. The lowest BCUT2D eigenvalue weighted by Crippen LogP contribution is -2.29. The van der Waals surface area contributed by atoms with Crippen molar-refractivity contribution in [3.63, 3.8) is 0 Å². The molecular weight excluding hydrogens is 366 g/mol. The Morgan fingerprint density at radius 1 is 1.19 bits per heavy atom. The van der Waals surface area contributed by atoms with Gasteiger partial charge in [-0.15, -0.1) is 11.3 Å². The van der Waals surface area contributed by atoms with E-state index in [0.717, 1.165) is 25.8 Å². The summed E-state index contributed by atoms with van der Waals surface area (Å²) < 4.78 is 2.03. The van der Waals surface area contributed by atoms with E-state index < -0.39 is 0 Å². The zero-order valence-electron chi connectivity index (χ0n) is 14.5. The van der Waals surface area contributed by atoms with E-state index in [9.17, 15) is 9.59 Å². The first-order chi connectivity index (χ1) is 12.5.